The average Bonchev–Trinajstić information content (AvgIpc) is 2.21. The monoisotopic (exact) mass is 287 g/mol. The van der Waals surface area contributed by atoms with Gasteiger partial charge in [-0.25, -0.2) is 4.39 Å². The predicted octanol–water partition coefficient (Wildman–Crippen LogP) is 2.50. The predicted molar refractivity (Wildman–Crippen MR) is 64.7 cm³/mol. The third-order valence-corrected chi connectivity index (χ3v) is 3.58. The van der Waals surface area contributed by atoms with Crippen LogP contribution in [0.1, 0.15) is 18.4 Å². The lowest BCUT2D eigenvalue weighted by Gasteiger charge is -2.38. The van der Waals surface area contributed by atoms with Gasteiger partial charge in [-0.2, -0.15) is 0 Å². The van der Waals surface area contributed by atoms with Crippen molar-refractivity contribution in [3.8, 4) is 0 Å². The van der Waals surface area contributed by atoms with Gasteiger partial charge >= 0.3 is 0 Å². The number of piperidine rings is 1. The van der Waals surface area contributed by atoms with Crippen LogP contribution in [0.4, 0.5) is 4.39 Å². The average molecular weight is 288 g/mol. The van der Waals surface area contributed by atoms with Crippen LogP contribution in [0.15, 0.2) is 22.7 Å². The summed E-state index contributed by atoms with van der Waals surface area (Å²) in [4.78, 5) is 2.03. The van der Waals surface area contributed by atoms with Crippen LogP contribution in [-0.2, 0) is 5.60 Å². The van der Waals surface area contributed by atoms with Crippen molar-refractivity contribution < 1.29 is 9.50 Å². The normalized spacial score (nSPS) is 27.0. The molecular weight excluding hydrogens is 273 g/mol. The lowest BCUT2D eigenvalue weighted by Crippen LogP contribution is -2.44. The number of nitrogens with zero attached hydrogens (tertiary/aromatic N) is 1. The second-order valence-corrected chi connectivity index (χ2v) is 5.41. The smallest absolute Gasteiger partial charge is 0.129 e. The maximum absolute atomic E-state index is 13.7. The van der Waals surface area contributed by atoms with E-state index in [0.29, 0.717) is 18.5 Å². The highest BCUT2D eigenvalue weighted by Crippen LogP contribution is 2.33. The fourth-order valence-electron chi connectivity index (χ4n) is 2.32. The van der Waals surface area contributed by atoms with Gasteiger partial charge in [0.25, 0.3) is 0 Å². The molecule has 1 unspecified atom stereocenters. The van der Waals surface area contributed by atoms with Crippen LogP contribution >= 0.6 is 15.9 Å². The maximum Gasteiger partial charge on any atom is 0.129 e. The number of hydrogen-bond donors (Lipinski definition) is 1. The van der Waals surface area contributed by atoms with Gasteiger partial charge in [-0.3, -0.25) is 0 Å². The molecule has 1 aromatic rings. The van der Waals surface area contributed by atoms with Crippen LogP contribution in [0.25, 0.3) is 0 Å². The first-order chi connectivity index (χ1) is 7.51. The van der Waals surface area contributed by atoms with Crippen molar-refractivity contribution in [2.24, 2.45) is 0 Å². The van der Waals surface area contributed by atoms with E-state index in [0.717, 1.165) is 17.4 Å². The van der Waals surface area contributed by atoms with Gasteiger partial charge in [-0.1, -0.05) is 15.9 Å². The van der Waals surface area contributed by atoms with Gasteiger partial charge in [0.05, 0.1) is 0 Å². The number of rotatable bonds is 1. The number of halogens is 2. The Balaban J connectivity index is 2.37. The summed E-state index contributed by atoms with van der Waals surface area (Å²) in [6.45, 7) is 1.44. The second-order valence-electron chi connectivity index (χ2n) is 4.50. The number of likely N-dealkylation sites (N-methyl/N-ethyl adjacent to an activating group) is 1. The highest BCUT2D eigenvalue weighted by Gasteiger charge is 2.35. The van der Waals surface area contributed by atoms with Crippen molar-refractivity contribution in [1.29, 1.82) is 0 Å². The molecule has 2 rings (SSSR count). The zero-order chi connectivity index (χ0) is 11.8. The quantitative estimate of drug-likeness (QED) is 0.858. The molecule has 0 amide bonds. The Morgan fingerprint density at radius 2 is 2.25 bits per heavy atom. The van der Waals surface area contributed by atoms with Crippen molar-refractivity contribution in [3.63, 3.8) is 0 Å². The molecule has 2 nitrogen and oxygen atoms in total. The van der Waals surface area contributed by atoms with E-state index in [1.807, 2.05) is 11.9 Å². The molecule has 1 atom stereocenters. The summed E-state index contributed by atoms with van der Waals surface area (Å²) >= 11 is 3.31. The van der Waals surface area contributed by atoms with E-state index in [-0.39, 0.29) is 5.82 Å². The summed E-state index contributed by atoms with van der Waals surface area (Å²) in [7, 11) is 1.94. The van der Waals surface area contributed by atoms with Gasteiger partial charge in [0.2, 0.25) is 0 Å². The molecule has 1 aromatic carbocycles. The molecule has 1 aliphatic rings. The van der Waals surface area contributed by atoms with Crippen molar-refractivity contribution in [2.75, 3.05) is 20.1 Å². The SMILES string of the molecule is CN1CCCC(O)(c2cc(Br)ccc2F)C1. The number of likely N-dealkylation sites (tertiary alicyclic amines) is 1. The summed E-state index contributed by atoms with van der Waals surface area (Å²) in [5.74, 6) is -0.332. The number of β-amino-alcohol motifs (C(OH)–C–C–N with tert-alkyl or cyclic N) is 1. The minimum absolute atomic E-state index is 0.332. The van der Waals surface area contributed by atoms with E-state index in [1.54, 1.807) is 12.1 Å². The Bertz CT molecular complexity index is 399. The summed E-state index contributed by atoms with van der Waals surface area (Å²) in [5, 5.41) is 10.5. The molecule has 0 bridgehead atoms. The molecule has 1 N–H and O–H groups in total. The molecule has 0 saturated carbocycles. The highest BCUT2D eigenvalue weighted by atomic mass is 79.9. The summed E-state index contributed by atoms with van der Waals surface area (Å²) in [5.41, 5.74) is -0.658. The maximum atomic E-state index is 13.7. The summed E-state index contributed by atoms with van der Waals surface area (Å²) in [6.07, 6.45) is 1.50. The van der Waals surface area contributed by atoms with E-state index in [9.17, 15) is 9.50 Å². The molecule has 4 heteroatoms. The van der Waals surface area contributed by atoms with E-state index in [4.69, 9.17) is 0 Å². The van der Waals surface area contributed by atoms with Crippen LogP contribution in [-0.4, -0.2) is 30.1 Å². The van der Waals surface area contributed by atoms with Crippen LogP contribution < -0.4 is 0 Å². The van der Waals surface area contributed by atoms with E-state index in [1.165, 1.54) is 6.07 Å². The van der Waals surface area contributed by atoms with E-state index >= 15 is 0 Å². The van der Waals surface area contributed by atoms with Gasteiger partial charge in [0.15, 0.2) is 0 Å². The first-order valence-corrected chi connectivity index (χ1v) is 6.17. The Hall–Kier alpha value is -0.450. The van der Waals surface area contributed by atoms with Crippen molar-refractivity contribution in [2.45, 2.75) is 18.4 Å². The third kappa shape index (κ3) is 2.29. The molecule has 1 fully saturated rings. The zero-order valence-electron chi connectivity index (χ0n) is 9.21. The number of benzene rings is 1. The van der Waals surface area contributed by atoms with E-state index < -0.39 is 5.60 Å². The number of hydrogen-bond acceptors (Lipinski definition) is 2. The van der Waals surface area contributed by atoms with Gasteiger partial charge in [-0.05, 0) is 44.6 Å². The van der Waals surface area contributed by atoms with E-state index in [2.05, 4.69) is 15.9 Å². The van der Waals surface area contributed by atoms with Gasteiger partial charge in [0.1, 0.15) is 11.4 Å². The van der Waals surface area contributed by atoms with Crippen molar-refractivity contribution in [3.05, 3.63) is 34.1 Å². The van der Waals surface area contributed by atoms with Crippen LogP contribution in [0, 0.1) is 5.82 Å². The molecule has 0 aliphatic carbocycles. The number of aliphatic hydroxyl groups is 1. The fourth-order valence-corrected chi connectivity index (χ4v) is 2.68. The first-order valence-electron chi connectivity index (χ1n) is 5.38. The molecule has 1 heterocycles. The molecule has 0 radical (unpaired) electrons. The standard InChI is InChI=1S/C12H15BrFNO/c1-15-6-2-5-12(16,8-15)10-7-9(13)3-4-11(10)14/h3-4,7,16H,2,5-6,8H2,1H3. The Kier molecular flexibility index (Phi) is 3.33. The molecular formula is C12H15BrFNO. The zero-order valence-corrected chi connectivity index (χ0v) is 10.8. The van der Waals surface area contributed by atoms with Gasteiger partial charge < -0.3 is 10.0 Å². The Labute approximate surface area is 103 Å². The molecule has 1 saturated heterocycles. The van der Waals surface area contributed by atoms with Crippen molar-refractivity contribution in [1.82, 2.24) is 4.90 Å². The molecule has 0 aromatic heterocycles. The van der Waals surface area contributed by atoms with Gasteiger partial charge in [-0.15, -0.1) is 0 Å². The lowest BCUT2D eigenvalue weighted by molar-refractivity contribution is -0.0304. The van der Waals surface area contributed by atoms with Crippen LogP contribution in [0.2, 0.25) is 0 Å². The molecule has 88 valence electrons. The molecule has 16 heavy (non-hydrogen) atoms. The fraction of sp³-hybridized carbons (Fsp3) is 0.500. The first kappa shape index (κ1) is 12.0. The van der Waals surface area contributed by atoms with Gasteiger partial charge in [0, 0.05) is 16.6 Å². The second kappa shape index (κ2) is 4.43. The minimum atomic E-state index is -1.05. The van der Waals surface area contributed by atoms with Crippen molar-refractivity contribution >= 4 is 15.9 Å². The largest absolute Gasteiger partial charge is 0.384 e. The van der Waals surface area contributed by atoms with Crippen LogP contribution in [0.3, 0.4) is 0 Å². The molecule has 1 aliphatic heterocycles. The topological polar surface area (TPSA) is 23.5 Å². The lowest BCUT2D eigenvalue weighted by atomic mass is 9.85. The Morgan fingerprint density at radius 3 is 2.94 bits per heavy atom. The third-order valence-electron chi connectivity index (χ3n) is 3.09. The highest BCUT2D eigenvalue weighted by molar-refractivity contribution is 9.10. The summed E-state index contributed by atoms with van der Waals surface area (Å²) < 4.78 is 14.5. The summed E-state index contributed by atoms with van der Waals surface area (Å²) in [6, 6.07) is 4.72. The van der Waals surface area contributed by atoms with Crippen LogP contribution in [0.5, 0.6) is 0 Å². The Morgan fingerprint density at radius 1 is 1.50 bits per heavy atom. The molecule has 0 spiro atoms. The minimum Gasteiger partial charge on any atom is -0.384 e.